The number of rotatable bonds is 19. The predicted molar refractivity (Wildman–Crippen MR) is 396 cm³/mol. The highest BCUT2D eigenvalue weighted by Gasteiger charge is 2.38. The lowest BCUT2D eigenvalue weighted by Crippen LogP contribution is -2.37. The van der Waals surface area contributed by atoms with Gasteiger partial charge in [-0.25, -0.2) is 37.5 Å². The summed E-state index contributed by atoms with van der Waals surface area (Å²) in [7, 11) is 0. The van der Waals surface area contributed by atoms with Crippen molar-refractivity contribution in [3.8, 4) is 18.2 Å². The Balaban J connectivity index is 0.000000170. The van der Waals surface area contributed by atoms with Crippen LogP contribution >= 0.6 is 47.2 Å². The van der Waals surface area contributed by atoms with Gasteiger partial charge in [0.15, 0.2) is 51.7 Å². The maximum Gasteiger partial charge on any atom is 0.252 e. The van der Waals surface area contributed by atoms with E-state index in [0.717, 1.165) is 108 Å². The van der Waals surface area contributed by atoms with Gasteiger partial charge in [-0.3, -0.25) is 38.9 Å². The quantitative estimate of drug-likeness (QED) is 0.0264. The lowest BCUT2D eigenvalue weighted by molar-refractivity contribution is -0.120. The number of nitrogens with two attached hydrogens (primary N) is 7. The molecule has 3 aromatic carbocycles. The molecule has 106 heavy (non-hydrogen) atoms. The highest BCUT2D eigenvalue weighted by molar-refractivity contribution is 6.33. The van der Waals surface area contributed by atoms with Crippen LogP contribution in [0.2, 0.25) is 15.5 Å². The van der Waals surface area contributed by atoms with Gasteiger partial charge < -0.3 is 66.7 Å². The minimum Gasteiger partial charge on any atom is -0.397 e. The van der Waals surface area contributed by atoms with Gasteiger partial charge in [0.25, 0.3) is 5.91 Å². The van der Waals surface area contributed by atoms with Crippen molar-refractivity contribution in [2.24, 2.45) is 58.1 Å². The fraction of sp³-hybridized carbons (Fsp3) is 0.225. The van der Waals surface area contributed by atoms with Crippen LogP contribution in [0.1, 0.15) is 78.4 Å². The number of aromatic nitrogens is 7. The molecule has 0 radical (unpaired) electrons. The molecule has 4 aliphatic carbocycles. The molecule has 4 atom stereocenters. The van der Waals surface area contributed by atoms with Crippen LogP contribution in [0.5, 0.6) is 0 Å². The first-order valence-corrected chi connectivity index (χ1v) is 33.2. The van der Waals surface area contributed by atoms with E-state index in [1.165, 1.54) is 0 Å². The zero-order chi connectivity index (χ0) is 75.8. The number of halogens is 8. The van der Waals surface area contributed by atoms with Crippen molar-refractivity contribution in [1.29, 1.82) is 15.8 Å². The molecule has 19 N–H and O–H groups in total. The predicted octanol–water partition coefficient (Wildman–Crippen LogP) is 10.6. The van der Waals surface area contributed by atoms with Gasteiger partial charge in [0.2, 0.25) is 23.6 Å². The molecule has 4 fully saturated rings. The summed E-state index contributed by atoms with van der Waals surface area (Å²) in [4.78, 5) is 85.0. The van der Waals surface area contributed by atoms with E-state index in [9.17, 15) is 46.8 Å². The first-order chi connectivity index (χ1) is 50.2. The highest BCUT2D eigenvalue weighted by Crippen LogP contribution is 2.38. The zero-order valence-corrected chi connectivity index (χ0v) is 58.7. The Morgan fingerprint density at radius 2 is 0.792 bits per heavy atom. The van der Waals surface area contributed by atoms with E-state index in [4.69, 9.17) is 85.5 Å². The van der Waals surface area contributed by atoms with E-state index < -0.39 is 65.0 Å². The van der Waals surface area contributed by atoms with Crippen LogP contribution in [0.3, 0.4) is 0 Å². The molecule has 35 heteroatoms. The van der Waals surface area contributed by atoms with Gasteiger partial charge in [0.1, 0.15) is 52.5 Å². The molecule has 0 spiro atoms. The Labute approximate surface area is 623 Å². The van der Waals surface area contributed by atoms with E-state index in [0.29, 0.717) is 23.0 Å². The normalized spacial score (nSPS) is 14.1. The molecule has 7 heterocycles. The molecule has 4 saturated carbocycles. The van der Waals surface area contributed by atoms with Crippen LogP contribution in [0.25, 0.3) is 32.7 Å². The summed E-state index contributed by atoms with van der Waals surface area (Å²) in [6, 6.07) is 35.5. The fourth-order valence-electron chi connectivity index (χ4n) is 10.1. The first-order valence-electron chi connectivity index (χ1n) is 32.1. The monoisotopic (exact) mass is 1520 g/mol. The van der Waals surface area contributed by atoms with Crippen molar-refractivity contribution in [3.05, 3.63) is 195 Å². The summed E-state index contributed by atoms with van der Waals surface area (Å²) in [6.07, 6.45) is 12.1. The number of para-hydroxylation sites is 3. The van der Waals surface area contributed by atoms with Crippen LogP contribution in [-0.4, -0.2) is 88.6 Å². The average Bonchev–Trinajstić information content (AvgIpc) is 1.28. The summed E-state index contributed by atoms with van der Waals surface area (Å²) in [5.41, 5.74) is 41.6. The minimum absolute atomic E-state index is 0. The largest absolute Gasteiger partial charge is 0.397 e. The van der Waals surface area contributed by atoms with E-state index >= 15 is 0 Å². The van der Waals surface area contributed by atoms with Gasteiger partial charge in [0.05, 0.1) is 80.5 Å². The number of amides is 5. The molecule has 10 aromatic rings. The number of hydrogen-bond acceptors (Lipinski definition) is 22. The standard InChI is InChI=1S/C20H19FN6O2.C20H17FN6O.C11H10ClFN4O.C9H8N2.C6HCl2FN2.C5H10N2O.ClH/c21-14-8-13(17(22)28)19(27-20(14)26-16(18(23)29)10-5-6-10)25-12-7-11-3-1-2-4-15(11)24-9-12;21-15-8-13(9-22)19(27-20(15)26-17(18(23)28)11-5-6-11)25-14-7-12-3-1-2-4-16(12)24-10-14;12-9-6(4-14)3-7(13)11(17-9)16-8(10(15)18)5-1-2-5;10-8-5-7-3-1-2-4-9(7)11-6-8;7-5-3(2-10)1-4(9)6(8)11-5;6-4(5(7)8)3-1-2-3;/h1-4,7-10,16H,5-6H2,(H2,22,28)(H2,23,29)(H2,25,26,27);1-4,7-8,10-11,17H,5-6H2,(H2,23,28)(H2,25,26,27);3,5,8H,1-2H2,(H2,15,18)(H,16,17);1-6H,10H2;1H;3-4H,1-2,6H2,(H2,7,8);1H/t16-;17-;8-;;;4-;/m111..1./s1. The molecular weight excluding hydrogens is 1460 g/mol. The third-order valence-corrected chi connectivity index (χ3v) is 17.1. The number of anilines is 8. The second-order valence-corrected chi connectivity index (χ2v) is 25.4. The number of nitrogen functional groups attached to an aromatic ring is 1. The zero-order valence-electron chi connectivity index (χ0n) is 55.6. The van der Waals surface area contributed by atoms with Crippen molar-refractivity contribution in [1.82, 2.24) is 34.9 Å². The maximum absolute atomic E-state index is 14.5. The summed E-state index contributed by atoms with van der Waals surface area (Å²) in [5.74, 6) is -5.50. The van der Waals surface area contributed by atoms with Gasteiger partial charge in [-0.1, -0.05) is 89.4 Å². The Bertz CT molecular complexity index is 5080. The van der Waals surface area contributed by atoms with Crippen LogP contribution < -0.4 is 66.7 Å². The number of fused-ring (bicyclic) bond motifs is 3. The smallest absolute Gasteiger partial charge is 0.252 e. The van der Waals surface area contributed by atoms with Crippen LogP contribution in [0.15, 0.2) is 134 Å². The average molecular weight is 1530 g/mol. The van der Waals surface area contributed by atoms with Gasteiger partial charge in [-0.2, -0.15) is 15.8 Å². The van der Waals surface area contributed by atoms with Crippen molar-refractivity contribution in [2.45, 2.75) is 75.5 Å². The number of nitriles is 3. The van der Waals surface area contributed by atoms with Crippen molar-refractivity contribution in [3.63, 3.8) is 0 Å². The Kier molecular flexibility index (Phi) is 27.3. The van der Waals surface area contributed by atoms with Crippen molar-refractivity contribution >= 4 is 156 Å². The number of benzene rings is 3. The molecule has 7 aromatic heterocycles. The first kappa shape index (κ1) is 79.6. The molecule has 4 aliphatic rings. The van der Waals surface area contributed by atoms with Gasteiger partial charge in [-0.05, 0) is 136 Å². The Morgan fingerprint density at radius 3 is 1.19 bits per heavy atom. The number of nitrogens with one attached hydrogen (secondary N) is 5. The molecule has 546 valence electrons. The van der Waals surface area contributed by atoms with Crippen molar-refractivity contribution in [2.75, 3.05) is 32.3 Å². The molecule has 14 rings (SSSR count). The number of primary amides is 5. The molecular formula is C71H66Cl4F4N22O5. The summed E-state index contributed by atoms with van der Waals surface area (Å²) < 4.78 is 55.1. The third-order valence-electron chi connectivity index (χ3n) is 16.2. The van der Waals surface area contributed by atoms with E-state index in [-0.39, 0.29) is 109 Å². The molecule has 0 bridgehead atoms. The van der Waals surface area contributed by atoms with Gasteiger partial charge in [0, 0.05) is 16.2 Å². The second-order valence-electron chi connectivity index (χ2n) is 24.3. The number of hydrogen-bond donors (Lipinski definition) is 12. The summed E-state index contributed by atoms with van der Waals surface area (Å²) >= 11 is 16.4. The van der Waals surface area contributed by atoms with E-state index in [2.05, 4.69) is 61.5 Å². The molecule has 5 amide bonds. The van der Waals surface area contributed by atoms with E-state index in [1.54, 1.807) is 30.7 Å². The minimum atomic E-state index is -0.840. The second kappa shape index (κ2) is 36.4. The fourth-order valence-corrected chi connectivity index (χ4v) is 10.7. The summed E-state index contributed by atoms with van der Waals surface area (Å²) in [6.45, 7) is 0. The molecule has 0 aliphatic heterocycles. The maximum atomic E-state index is 14.5. The highest BCUT2D eigenvalue weighted by atomic mass is 35.5. The Morgan fingerprint density at radius 1 is 0.434 bits per heavy atom. The number of carbonyl (C=O) groups is 5. The molecule has 0 saturated heterocycles. The van der Waals surface area contributed by atoms with E-state index in [1.807, 2.05) is 97.1 Å². The summed E-state index contributed by atoms with van der Waals surface area (Å²) in [5, 5.41) is 42.9. The van der Waals surface area contributed by atoms with Gasteiger partial charge in [-0.15, -0.1) is 12.4 Å². The Hall–Kier alpha value is -12.1. The van der Waals surface area contributed by atoms with Crippen LogP contribution in [0.4, 0.5) is 63.7 Å². The topological polar surface area (TPSA) is 489 Å². The number of pyridine rings is 7. The number of carbonyl (C=O) groups excluding carboxylic acids is 5. The van der Waals surface area contributed by atoms with Crippen molar-refractivity contribution < 1.29 is 41.5 Å². The molecule has 0 unspecified atom stereocenters. The van der Waals surface area contributed by atoms with Gasteiger partial charge >= 0.3 is 0 Å². The SMILES string of the molecule is Cl.N#Cc1cc(F)c(Cl)nc1Cl.N#Cc1cc(F)c(N[C@@H](C(N)=O)C2CC2)nc1Cl.N#Cc1cc(F)c(N[C@@H](C(N)=O)C2CC2)nc1Nc1cnc2ccccc2c1.NC(=O)[C@H](N)C1CC1.NC(=O)c1cc(F)c(N[C@@H](C(N)=O)C2CC2)nc1Nc1cnc2ccccc2c1.Nc1cnc2ccccc2c1. The van der Waals surface area contributed by atoms with Crippen LogP contribution in [0, 0.1) is 80.9 Å². The lowest BCUT2D eigenvalue weighted by Gasteiger charge is -2.18. The number of nitrogens with zero attached hydrogens (tertiary/aromatic N) is 10. The third kappa shape index (κ3) is 22.0. The lowest BCUT2D eigenvalue weighted by atomic mass is 10.1. The molecule has 27 nitrogen and oxygen atoms in total. The van der Waals surface area contributed by atoms with Crippen LogP contribution in [-0.2, 0) is 19.2 Å².